The van der Waals surface area contributed by atoms with E-state index in [0.29, 0.717) is 19.0 Å². The molecule has 0 aliphatic carbocycles. The average molecular weight is 212 g/mol. The molecule has 4 nitrogen and oxygen atoms in total. The van der Waals surface area contributed by atoms with E-state index in [1.54, 1.807) is 13.2 Å². The Morgan fingerprint density at radius 3 is 3.20 bits per heavy atom. The average Bonchev–Trinajstić information content (AvgIpc) is 2.67. The first kappa shape index (κ1) is 12.2. The van der Waals surface area contributed by atoms with E-state index in [1.807, 2.05) is 4.90 Å². The number of ether oxygens (including phenoxy) is 1. The van der Waals surface area contributed by atoms with Gasteiger partial charge in [-0.3, -0.25) is 4.79 Å². The van der Waals surface area contributed by atoms with Crippen molar-refractivity contribution in [2.75, 3.05) is 39.9 Å². The van der Waals surface area contributed by atoms with Gasteiger partial charge in [-0.15, -0.1) is 6.58 Å². The lowest BCUT2D eigenvalue weighted by Gasteiger charge is -2.16. The van der Waals surface area contributed by atoms with Gasteiger partial charge in [-0.1, -0.05) is 6.08 Å². The number of amides is 1. The van der Waals surface area contributed by atoms with Crippen LogP contribution in [0.2, 0.25) is 0 Å². The molecule has 1 amide bonds. The Labute approximate surface area is 91.3 Å². The van der Waals surface area contributed by atoms with E-state index in [4.69, 9.17) is 4.74 Å². The number of nitrogens with one attached hydrogen (secondary N) is 1. The Morgan fingerprint density at radius 1 is 1.73 bits per heavy atom. The fraction of sp³-hybridized carbons (Fsp3) is 0.727. The van der Waals surface area contributed by atoms with Crippen LogP contribution in [-0.4, -0.2) is 50.7 Å². The predicted octanol–water partition coefficient (Wildman–Crippen LogP) is 0.257. The molecule has 0 spiro atoms. The lowest BCUT2D eigenvalue weighted by Crippen LogP contribution is -2.37. The molecule has 1 saturated heterocycles. The third-order valence-electron chi connectivity index (χ3n) is 2.61. The van der Waals surface area contributed by atoms with Gasteiger partial charge in [-0.25, -0.2) is 0 Å². The van der Waals surface area contributed by atoms with Crippen LogP contribution in [0.25, 0.3) is 0 Å². The van der Waals surface area contributed by atoms with Gasteiger partial charge in [-0.05, 0) is 6.42 Å². The first-order valence-corrected chi connectivity index (χ1v) is 5.36. The van der Waals surface area contributed by atoms with E-state index >= 15 is 0 Å². The maximum atomic E-state index is 11.7. The van der Waals surface area contributed by atoms with Crippen molar-refractivity contribution >= 4 is 5.91 Å². The summed E-state index contributed by atoms with van der Waals surface area (Å²) in [4.78, 5) is 13.6. The Morgan fingerprint density at radius 2 is 2.53 bits per heavy atom. The molecule has 1 unspecified atom stereocenters. The Bertz CT molecular complexity index is 219. The minimum atomic E-state index is 0.176. The number of hydrogen-bond acceptors (Lipinski definition) is 3. The largest absolute Gasteiger partial charge is 0.384 e. The van der Waals surface area contributed by atoms with Gasteiger partial charge in [0.25, 0.3) is 0 Å². The van der Waals surface area contributed by atoms with E-state index in [9.17, 15) is 4.79 Å². The lowest BCUT2D eigenvalue weighted by molar-refractivity contribution is -0.129. The maximum absolute atomic E-state index is 11.7. The fourth-order valence-electron chi connectivity index (χ4n) is 1.82. The SMILES string of the molecule is C=CCNCC(=O)N1CCC(COC)C1. The normalized spacial score (nSPS) is 20.6. The van der Waals surface area contributed by atoms with Crippen molar-refractivity contribution in [1.29, 1.82) is 0 Å². The number of likely N-dealkylation sites (tertiary alicyclic amines) is 1. The second kappa shape index (κ2) is 6.58. The number of rotatable bonds is 6. The van der Waals surface area contributed by atoms with Crippen LogP contribution in [0.4, 0.5) is 0 Å². The van der Waals surface area contributed by atoms with Gasteiger partial charge in [0, 0.05) is 32.7 Å². The van der Waals surface area contributed by atoms with E-state index in [2.05, 4.69) is 11.9 Å². The molecule has 1 aliphatic heterocycles. The van der Waals surface area contributed by atoms with Crippen molar-refractivity contribution in [3.63, 3.8) is 0 Å². The minimum Gasteiger partial charge on any atom is -0.384 e. The van der Waals surface area contributed by atoms with Gasteiger partial charge in [0.2, 0.25) is 5.91 Å². The third kappa shape index (κ3) is 4.01. The van der Waals surface area contributed by atoms with Crippen LogP contribution in [0.3, 0.4) is 0 Å². The van der Waals surface area contributed by atoms with Gasteiger partial charge >= 0.3 is 0 Å². The van der Waals surface area contributed by atoms with Crippen molar-refractivity contribution in [3.05, 3.63) is 12.7 Å². The van der Waals surface area contributed by atoms with Crippen LogP contribution >= 0.6 is 0 Å². The van der Waals surface area contributed by atoms with Crippen molar-refractivity contribution in [2.24, 2.45) is 5.92 Å². The molecule has 86 valence electrons. The van der Waals surface area contributed by atoms with Gasteiger partial charge in [0.1, 0.15) is 0 Å². The second-order valence-corrected chi connectivity index (χ2v) is 3.87. The first-order valence-electron chi connectivity index (χ1n) is 5.36. The molecular weight excluding hydrogens is 192 g/mol. The lowest BCUT2D eigenvalue weighted by atomic mass is 10.1. The van der Waals surface area contributed by atoms with E-state index < -0.39 is 0 Å². The van der Waals surface area contributed by atoms with Crippen LogP contribution in [0.1, 0.15) is 6.42 Å². The zero-order valence-electron chi connectivity index (χ0n) is 9.37. The standard InChI is InChI=1S/C11H20N2O2/c1-3-5-12-7-11(14)13-6-4-10(8-13)9-15-2/h3,10,12H,1,4-9H2,2H3. The Kier molecular flexibility index (Phi) is 5.36. The molecule has 1 atom stereocenters. The monoisotopic (exact) mass is 212 g/mol. The summed E-state index contributed by atoms with van der Waals surface area (Å²) in [6, 6.07) is 0. The van der Waals surface area contributed by atoms with Crippen LogP contribution in [0, 0.1) is 5.92 Å². The highest BCUT2D eigenvalue weighted by molar-refractivity contribution is 5.78. The van der Waals surface area contributed by atoms with Crippen LogP contribution in [0.15, 0.2) is 12.7 Å². The second-order valence-electron chi connectivity index (χ2n) is 3.87. The molecule has 0 aromatic heterocycles. The molecular formula is C11H20N2O2. The van der Waals surface area contributed by atoms with Gasteiger partial charge in [0.15, 0.2) is 0 Å². The summed E-state index contributed by atoms with van der Waals surface area (Å²) >= 11 is 0. The summed E-state index contributed by atoms with van der Waals surface area (Å²) in [5.41, 5.74) is 0. The zero-order valence-corrected chi connectivity index (χ0v) is 9.37. The summed E-state index contributed by atoms with van der Waals surface area (Å²) < 4.78 is 5.09. The smallest absolute Gasteiger partial charge is 0.236 e. The van der Waals surface area contributed by atoms with Gasteiger partial charge in [-0.2, -0.15) is 0 Å². The van der Waals surface area contributed by atoms with E-state index in [-0.39, 0.29) is 5.91 Å². The molecule has 4 heteroatoms. The first-order chi connectivity index (χ1) is 7.27. The summed E-state index contributed by atoms with van der Waals surface area (Å²) in [7, 11) is 1.70. The molecule has 1 N–H and O–H groups in total. The highest BCUT2D eigenvalue weighted by Gasteiger charge is 2.25. The molecule has 0 aromatic carbocycles. The highest BCUT2D eigenvalue weighted by Crippen LogP contribution is 2.15. The Hall–Kier alpha value is -0.870. The van der Waals surface area contributed by atoms with Crippen LogP contribution in [0.5, 0.6) is 0 Å². The molecule has 0 radical (unpaired) electrons. The quantitative estimate of drug-likeness (QED) is 0.507. The molecule has 1 fully saturated rings. The number of nitrogens with zero attached hydrogens (tertiary/aromatic N) is 1. The molecule has 1 heterocycles. The van der Waals surface area contributed by atoms with Gasteiger partial charge < -0.3 is 15.0 Å². The predicted molar refractivity (Wildman–Crippen MR) is 59.6 cm³/mol. The molecule has 0 aromatic rings. The highest BCUT2D eigenvalue weighted by atomic mass is 16.5. The number of carbonyl (C=O) groups excluding carboxylic acids is 1. The summed E-state index contributed by atoms with van der Waals surface area (Å²) in [6.45, 7) is 7.13. The number of hydrogen-bond donors (Lipinski definition) is 1. The molecule has 1 aliphatic rings. The fourth-order valence-corrected chi connectivity index (χ4v) is 1.82. The Balaban J connectivity index is 2.21. The van der Waals surface area contributed by atoms with Crippen molar-refractivity contribution < 1.29 is 9.53 Å². The van der Waals surface area contributed by atoms with Crippen LogP contribution in [-0.2, 0) is 9.53 Å². The third-order valence-corrected chi connectivity index (χ3v) is 2.61. The molecule has 0 bridgehead atoms. The summed E-state index contributed by atoms with van der Waals surface area (Å²) in [6.07, 6.45) is 2.81. The van der Waals surface area contributed by atoms with Crippen molar-refractivity contribution in [3.8, 4) is 0 Å². The van der Waals surface area contributed by atoms with E-state index in [1.165, 1.54) is 0 Å². The number of methoxy groups -OCH3 is 1. The number of carbonyl (C=O) groups is 1. The molecule has 15 heavy (non-hydrogen) atoms. The van der Waals surface area contributed by atoms with Gasteiger partial charge in [0.05, 0.1) is 13.2 Å². The van der Waals surface area contributed by atoms with Crippen LogP contribution < -0.4 is 5.32 Å². The maximum Gasteiger partial charge on any atom is 0.236 e. The van der Waals surface area contributed by atoms with Crippen molar-refractivity contribution in [2.45, 2.75) is 6.42 Å². The van der Waals surface area contributed by atoms with Crippen molar-refractivity contribution in [1.82, 2.24) is 10.2 Å². The summed E-state index contributed by atoms with van der Waals surface area (Å²) in [5.74, 6) is 0.689. The van der Waals surface area contributed by atoms with E-state index in [0.717, 1.165) is 26.1 Å². The molecule has 1 rings (SSSR count). The topological polar surface area (TPSA) is 41.6 Å². The molecule has 0 saturated carbocycles. The zero-order chi connectivity index (χ0) is 11.1. The minimum absolute atomic E-state index is 0.176. The summed E-state index contributed by atoms with van der Waals surface area (Å²) in [5, 5.41) is 3.02.